The molecular formula is C14H28N2O2S. The lowest BCUT2D eigenvalue weighted by atomic mass is 9.99. The van der Waals surface area contributed by atoms with Gasteiger partial charge < -0.3 is 5.32 Å². The highest BCUT2D eigenvalue weighted by Crippen LogP contribution is 2.33. The molecule has 0 radical (unpaired) electrons. The van der Waals surface area contributed by atoms with Crippen molar-refractivity contribution in [3.05, 3.63) is 0 Å². The Hall–Kier alpha value is -0.130. The van der Waals surface area contributed by atoms with Gasteiger partial charge in [-0.05, 0) is 51.5 Å². The fraction of sp³-hybridized carbons (Fsp3) is 1.00. The van der Waals surface area contributed by atoms with Gasteiger partial charge in [0.25, 0.3) is 0 Å². The normalized spacial score (nSPS) is 27.4. The maximum atomic E-state index is 12.5. The van der Waals surface area contributed by atoms with Crippen LogP contribution in [0.3, 0.4) is 0 Å². The van der Waals surface area contributed by atoms with Crippen molar-refractivity contribution >= 4 is 10.0 Å². The Balaban J connectivity index is 2.01. The van der Waals surface area contributed by atoms with Crippen molar-refractivity contribution in [2.24, 2.45) is 5.92 Å². The van der Waals surface area contributed by atoms with E-state index in [0.29, 0.717) is 11.7 Å². The predicted molar refractivity (Wildman–Crippen MR) is 78.6 cm³/mol. The quantitative estimate of drug-likeness (QED) is 0.779. The third-order valence-corrected chi connectivity index (χ3v) is 6.35. The van der Waals surface area contributed by atoms with Crippen LogP contribution in [0.2, 0.25) is 0 Å². The van der Waals surface area contributed by atoms with Gasteiger partial charge in [0.2, 0.25) is 10.0 Å². The number of hydrogen-bond donors (Lipinski definition) is 1. The van der Waals surface area contributed by atoms with Crippen molar-refractivity contribution in [2.75, 3.05) is 18.8 Å². The number of nitrogens with zero attached hydrogens (tertiary/aromatic N) is 1. The molecule has 2 fully saturated rings. The van der Waals surface area contributed by atoms with Gasteiger partial charge in [-0.15, -0.1) is 0 Å². The number of sulfonamides is 1. The Kier molecular flexibility index (Phi) is 5.26. The molecule has 0 aromatic rings. The molecule has 1 saturated heterocycles. The number of nitrogens with one attached hydrogen (secondary N) is 1. The molecule has 1 aliphatic heterocycles. The highest BCUT2D eigenvalue weighted by molar-refractivity contribution is 7.89. The molecule has 0 aromatic carbocycles. The van der Waals surface area contributed by atoms with E-state index in [1.807, 2.05) is 4.31 Å². The molecule has 4 nitrogen and oxygen atoms in total. The topological polar surface area (TPSA) is 49.4 Å². The molecule has 1 heterocycles. The minimum absolute atomic E-state index is 0.157. The summed E-state index contributed by atoms with van der Waals surface area (Å²) in [5.41, 5.74) is 0. The lowest BCUT2D eigenvalue weighted by Gasteiger charge is -2.38. The lowest BCUT2D eigenvalue weighted by molar-refractivity contribution is 0.208. The van der Waals surface area contributed by atoms with Gasteiger partial charge in [0.05, 0.1) is 5.75 Å². The molecule has 0 amide bonds. The first-order valence-electron chi connectivity index (χ1n) is 7.77. The zero-order chi connectivity index (χ0) is 13.9. The largest absolute Gasteiger partial charge is 0.313 e. The van der Waals surface area contributed by atoms with Crippen LogP contribution in [0.5, 0.6) is 0 Å². The van der Waals surface area contributed by atoms with Gasteiger partial charge in [-0.25, -0.2) is 8.42 Å². The van der Waals surface area contributed by atoms with Crippen LogP contribution in [0.15, 0.2) is 0 Å². The van der Waals surface area contributed by atoms with Gasteiger partial charge in [0, 0.05) is 18.6 Å². The first kappa shape index (κ1) is 15.3. The average Bonchev–Trinajstić information content (AvgIpc) is 3.19. The van der Waals surface area contributed by atoms with Gasteiger partial charge >= 0.3 is 0 Å². The maximum Gasteiger partial charge on any atom is 0.214 e. The fourth-order valence-electron chi connectivity index (χ4n) is 2.96. The van der Waals surface area contributed by atoms with Gasteiger partial charge in [-0.3, -0.25) is 0 Å². The Bertz CT molecular complexity index is 379. The van der Waals surface area contributed by atoms with Crippen LogP contribution in [0, 0.1) is 5.92 Å². The van der Waals surface area contributed by atoms with E-state index in [-0.39, 0.29) is 12.1 Å². The number of rotatable bonds is 7. The van der Waals surface area contributed by atoms with Crippen LogP contribution >= 0.6 is 0 Å². The van der Waals surface area contributed by atoms with Crippen LogP contribution in [-0.2, 0) is 10.0 Å². The molecule has 2 atom stereocenters. The zero-order valence-electron chi connectivity index (χ0n) is 12.3. The van der Waals surface area contributed by atoms with E-state index >= 15 is 0 Å². The first-order valence-corrected chi connectivity index (χ1v) is 9.38. The standard InChI is InChI=1S/C14H28N2O2S/c1-3-9-15-12(2)14-6-4-5-10-16(14)19(17,18)11-13-7-8-13/h12-15H,3-11H2,1-2H3. The van der Waals surface area contributed by atoms with E-state index in [1.165, 1.54) is 0 Å². The highest BCUT2D eigenvalue weighted by atomic mass is 32.2. The van der Waals surface area contributed by atoms with Gasteiger partial charge in [0.1, 0.15) is 0 Å². The van der Waals surface area contributed by atoms with Crippen molar-refractivity contribution in [3.8, 4) is 0 Å². The van der Waals surface area contributed by atoms with Crippen molar-refractivity contribution in [1.29, 1.82) is 0 Å². The minimum Gasteiger partial charge on any atom is -0.313 e. The van der Waals surface area contributed by atoms with Gasteiger partial charge in [-0.2, -0.15) is 4.31 Å². The van der Waals surface area contributed by atoms with E-state index in [1.54, 1.807) is 0 Å². The SMILES string of the molecule is CCCNC(C)C1CCCCN1S(=O)(=O)CC1CC1. The first-order chi connectivity index (χ1) is 9.04. The van der Waals surface area contributed by atoms with Gasteiger partial charge in [0.15, 0.2) is 0 Å². The van der Waals surface area contributed by atoms with Crippen LogP contribution in [0.1, 0.15) is 52.4 Å². The Morgan fingerprint density at radius 3 is 2.63 bits per heavy atom. The van der Waals surface area contributed by atoms with Crippen molar-refractivity contribution in [2.45, 2.75) is 64.5 Å². The summed E-state index contributed by atoms with van der Waals surface area (Å²) in [4.78, 5) is 0. The van der Waals surface area contributed by atoms with Crippen LogP contribution in [-0.4, -0.2) is 43.6 Å². The van der Waals surface area contributed by atoms with Crippen LogP contribution < -0.4 is 5.32 Å². The zero-order valence-corrected chi connectivity index (χ0v) is 13.1. The smallest absolute Gasteiger partial charge is 0.214 e. The summed E-state index contributed by atoms with van der Waals surface area (Å²) in [7, 11) is -3.05. The Morgan fingerprint density at radius 1 is 1.26 bits per heavy atom. The summed E-state index contributed by atoms with van der Waals surface area (Å²) in [6.07, 6.45) is 6.45. The van der Waals surface area contributed by atoms with Crippen molar-refractivity contribution < 1.29 is 8.42 Å². The van der Waals surface area contributed by atoms with Gasteiger partial charge in [-0.1, -0.05) is 13.3 Å². The fourth-order valence-corrected chi connectivity index (χ4v) is 5.19. The monoisotopic (exact) mass is 288 g/mol. The molecule has 2 unspecified atom stereocenters. The second kappa shape index (κ2) is 6.55. The third-order valence-electron chi connectivity index (χ3n) is 4.29. The minimum atomic E-state index is -3.05. The maximum absolute atomic E-state index is 12.5. The van der Waals surface area contributed by atoms with Crippen molar-refractivity contribution in [1.82, 2.24) is 9.62 Å². The summed E-state index contributed by atoms with van der Waals surface area (Å²) in [5.74, 6) is 0.816. The molecular weight excluding hydrogens is 260 g/mol. The second-order valence-electron chi connectivity index (χ2n) is 6.14. The molecule has 112 valence electrons. The molecule has 1 N–H and O–H groups in total. The molecule has 2 rings (SSSR count). The third kappa shape index (κ3) is 4.17. The molecule has 0 bridgehead atoms. The molecule has 1 aliphatic carbocycles. The molecule has 2 aliphatic rings. The molecule has 0 aromatic heterocycles. The number of hydrogen-bond acceptors (Lipinski definition) is 3. The molecule has 5 heteroatoms. The van der Waals surface area contributed by atoms with E-state index in [0.717, 1.165) is 51.6 Å². The van der Waals surface area contributed by atoms with Crippen molar-refractivity contribution in [3.63, 3.8) is 0 Å². The summed E-state index contributed by atoms with van der Waals surface area (Å²) < 4.78 is 26.9. The predicted octanol–water partition coefficient (Wildman–Crippen LogP) is 1.97. The summed E-state index contributed by atoms with van der Waals surface area (Å²) in [6, 6.07) is 0.415. The summed E-state index contributed by atoms with van der Waals surface area (Å²) in [6.45, 7) is 5.96. The van der Waals surface area contributed by atoms with Crippen LogP contribution in [0.25, 0.3) is 0 Å². The second-order valence-corrected chi connectivity index (χ2v) is 8.10. The highest BCUT2D eigenvalue weighted by Gasteiger charge is 2.38. The van der Waals surface area contributed by atoms with E-state index in [2.05, 4.69) is 19.2 Å². The lowest BCUT2D eigenvalue weighted by Crippen LogP contribution is -2.53. The van der Waals surface area contributed by atoms with E-state index < -0.39 is 10.0 Å². The number of piperidine rings is 1. The molecule has 0 spiro atoms. The van der Waals surface area contributed by atoms with E-state index in [9.17, 15) is 8.42 Å². The van der Waals surface area contributed by atoms with Crippen LogP contribution in [0.4, 0.5) is 0 Å². The Labute approximate surface area is 118 Å². The average molecular weight is 288 g/mol. The Morgan fingerprint density at radius 2 is 2.00 bits per heavy atom. The molecule has 19 heavy (non-hydrogen) atoms. The summed E-state index contributed by atoms with van der Waals surface area (Å²) in [5, 5.41) is 3.47. The van der Waals surface area contributed by atoms with E-state index in [4.69, 9.17) is 0 Å². The molecule has 1 saturated carbocycles. The summed E-state index contributed by atoms with van der Waals surface area (Å²) >= 11 is 0.